The van der Waals surface area contributed by atoms with Gasteiger partial charge < -0.3 is 14.2 Å². The van der Waals surface area contributed by atoms with Crippen molar-refractivity contribution in [3.63, 3.8) is 0 Å². The summed E-state index contributed by atoms with van der Waals surface area (Å²) in [6, 6.07) is 0. The van der Waals surface area contributed by atoms with Gasteiger partial charge in [0, 0.05) is 19.3 Å². The fourth-order valence-corrected chi connectivity index (χ4v) is 10.0. The molecule has 0 aliphatic heterocycles. The largest absolute Gasteiger partial charge is 0.462 e. The van der Waals surface area contributed by atoms with E-state index in [1.54, 1.807) is 0 Å². The van der Waals surface area contributed by atoms with Crippen LogP contribution in [0.3, 0.4) is 0 Å². The average molecular weight is 1090 g/mol. The molecule has 0 bridgehead atoms. The second kappa shape index (κ2) is 66.6. The fourth-order valence-electron chi connectivity index (χ4n) is 10.0. The lowest BCUT2D eigenvalue weighted by atomic mass is 10.0. The van der Waals surface area contributed by atoms with Crippen LogP contribution in [-0.4, -0.2) is 37.2 Å². The van der Waals surface area contributed by atoms with E-state index in [1.165, 1.54) is 231 Å². The number of hydrogen-bond acceptors (Lipinski definition) is 6. The number of carbonyl (C=O) groups is 3. The van der Waals surface area contributed by atoms with Crippen LogP contribution in [0.2, 0.25) is 0 Å². The van der Waals surface area contributed by atoms with Crippen LogP contribution in [-0.2, 0) is 28.6 Å². The zero-order valence-electron chi connectivity index (χ0n) is 52.2. The quantitative estimate of drug-likeness (QED) is 0.0261. The SMILES string of the molecule is CCC/C=C\C/C=C\CCCCCCCC(=O)OCC(COC(=O)CCCCCCCCCCCCCCCCCCC/C=C\C/C=C\CCCCCCC)OC(=O)CCCCCCCCC/C=C\CCCCCCCCC. The van der Waals surface area contributed by atoms with Gasteiger partial charge in [-0.2, -0.15) is 0 Å². The van der Waals surface area contributed by atoms with Crippen LogP contribution < -0.4 is 0 Å². The maximum Gasteiger partial charge on any atom is 0.306 e. The highest BCUT2D eigenvalue weighted by atomic mass is 16.6. The zero-order valence-corrected chi connectivity index (χ0v) is 52.2. The number of hydrogen-bond donors (Lipinski definition) is 0. The minimum atomic E-state index is -0.782. The Kier molecular flexibility index (Phi) is 64.2. The normalized spacial score (nSPS) is 12.4. The topological polar surface area (TPSA) is 78.9 Å². The van der Waals surface area contributed by atoms with Gasteiger partial charge in [0.05, 0.1) is 0 Å². The van der Waals surface area contributed by atoms with Crippen molar-refractivity contribution in [2.24, 2.45) is 0 Å². The lowest BCUT2D eigenvalue weighted by Crippen LogP contribution is -2.30. The molecule has 0 heterocycles. The van der Waals surface area contributed by atoms with E-state index in [0.717, 1.165) is 89.9 Å². The molecule has 0 spiro atoms. The van der Waals surface area contributed by atoms with Crippen LogP contribution in [0.4, 0.5) is 0 Å². The third-order valence-electron chi connectivity index (χ3n) is 15.2. The Morgan fingerprint density at radius 2 is 0.487 bits per heavy atom. The Bertz CT molecular complexity index is 1390. The maximum atomic E-state index is 12.9. The first-order valence-corrected chi connectivity index (χ1v) is 34.3. The molecule has 0 aliphatic rings. The summed E-state index contributed by atoms with van der Waals surface area (Å²) >= 11 is 0. The molecule has 0 saturated heterocycles. The third kappa shape index (κ3) is 63.9. The molecule has 1 atom stereocenters. The van der Waals surface area contributed by atoms with E-state index >= 15 is 0 Å². The standard InChI is InChI=1S/C72H130O6/c1-4-7-10-13-16-19-22-25-27-29-31-32-33-34-35-36-37-38-39-40-41-43-44-47-50-53-56-59-62-65-71(74)77-68-69(67-76-70(73)64-61-58-55-52-49-46-24-21-18-15-12-9-6-3)78-72(75)66-63-60-57-54-51-48-45-42-30-28-26-23-20-17-14-11-8-5-2/h12,15,21-22,24-25,28-31,69H,4-11,13-14,16-20,23,26-27,32-68H2,1-3H3/b15-12-,24-21-,25-22-,30-28-,31-29-. The highest BCUT2D eigenvalue weighted by Gasteiger charge is 2.19. The van der Waals surface area contributed by atoms with Crippen molar-refractivity contribution in [3.05, 3.63) is 60.8 Å². The van der Waals surface area contributed by atoms with Gasteiger partial charge in [-0.1, -0.05) is 300 Å². The monoisotopic (exact) mass is 1090 g/mol. The van der Waals surface area contributed by atoms with E-state index in [1.807, 2.05) is 0 Å². The van der Waals surface area contributed by atoms with E-state index in [0.29, 0.717) is 19.3 Å². The predicted molar refractivity (Wildman–Crippen MR) is 339 cm³/mol. The summed E-state index contributed by atoms with van der Waals surface area (Å²) in [6.45, 7) is 6.60. The lowest BCUT2D eigenvalue weighted by Gasteiger charge is -2.18. The molecule has 0 aliphatic carbocycles. The number of allylic oxidation sites excluding steroid dienone is 10. The van der Waals surface area contributed by atoms with Crippen LogP contribution in [0.15, 0.2) is 60.8 Å². The molecule has 6 nitrogen and oxygen atoms in total. The number of esters is 3. The second-order valence-corrected chi connectivity index (χ2v) is 23.1. The maximum absolute atomic E-state index is 12.9. The minimum Gasteiger partial charge on any atom is -0.462 e. The number of carbonyl (C=O) groups excluding carboxylic acids is 3. The molecule has 1 unspecified atom stereocenters. The summed E-state index contributed by atoms with van der Waals surface area (Å²) in [6.07, 6.45) is 85.3. The molecular weight excluding hydrogens is 961 g/mol. The van der Waals surface area contributed by atoms with Gasteiger partial charge in [0.15, 0.2) is 6.10 Å². The summed E-state index contributed by atoms with van der Waals surface area (Å²) in [4.78, 5) is 38.3. The molecule has 0 N–H and O–H groups in total. The molecule has 0 rings (SSSR count). The number of unbranched alkanes of at least 4 members (excludes halogenated alkanes) is 42. The fraction of sp³-hybridized carbons (Fsp3) is 0.819. The Labute approximate surface area is 485 Å². The van der Waals surface area contributed by atoms with Gasteiger partial charge in [-0.05, 0) is 103 Å². The van der Waals surface area contributed by atoms with Gasteiger partial charge >= 0.3 is 17.9 Å². The summed E-state index contributed by atoms with van der Waals surface area (Å²) < 4.78 is 16.9. The summed E-state index contributed by atoms with van der Waals surface area (Å²) in [5.41, 5.74) is 0. The van der Waals surface area contributed by atoms with Crippen LogP contribution in [0.5, 0.6) is 0 Å². The third-order valence-corrected chi connectivity index (χ3v) is 15.2. The van der Waals surface area contributed by atoms with Gasteiger partial charge in [0.2, 0.25) is 0 Å². The van der Waals surface area contributed by atoms with E-state index in [-0.39, 0.29) is 31.1 Å². The van der Waals surface area contributed by atoms with Crippen molar-refractivity contribution in [1.29, 1.82) is 0 Å². The van der Waals surface area contributed by atoms with Gasteiger partial charge in [0.1, 0.15) is 13.2 Å². The molecular formula is C72H130O6. The Hall–Kier alpha value is -2.89. The number of rotatable bonds is 63. The predicted octanol–water partition coefficient (Wildman–Crippen LogP) is 23.5. The van der Waals surface area contributed by atoms with Crippen molar-refractivity contribution in [2.75, 3.05) is 13.2 Å². The Balaban J connectivity index is 4.21. The molecule has 0 fully saturated rings. The molecule has 0 aromatic rings. The summed E-state index contributed by atoms with van der Waals surface area (Å²) in [5, 5.41) is 0. The van der Waals surface area contributed by atoms with Crippen molar-refractivity contribution in [3.8, 4) is 0 Å². The first-order valence-electron chi connectivity index (χ1n) is 34.3. The van der Waals surface area contributed by atoms with Gasteiger partial charge in [-0.25, -0.2) is 0 Å². The molecule has 0 amide bonds. The van der Waals surface area contributed by atoms with Gasteiger partial charge in [-0.15, -0.1) is 0 Å². The minimum absolute atomic E-state index is 0.0774. The van der Waals surface area contributed by atoms with Crippen molar-refractivity contribution >= 4 is 17.9 Å². The van der Waals surface area contributed by atoms with E-state index in [4.69, 9.17) is 14.2 Å². The smallest absolute Gasteiger partial charge is 0.306 e. The zero-order chi connectivity index (χ0) is 56.4. The molecule has 0 aromatic heterocycles. The molecule has 78 heavy (non-hydrogen) atoms. The molecule has 0 aromatic carbocycles. The average Bonchev–Trinajstić information content (AvgIpc) is 3.44. The highest BCUT2D eigenvalue weighted by Crippen LogP contribution is 2.17. The van der Waals surface area contributed by atoms with Crippen LogP contribution >= 0.6 is 0 Å². The first kappa shape index (κ1) is 75.1. The Morgan fingerprint density at radius 1 is 0.256 bits per heavy atom. The van der Waals surface area contributed by atoms with Crippen molar-refractivity contribution in [1.82, 2.24) is 0 Å². The van der Waals surface area contributed by atoms with E-state index in [9.17, 15) is 14.4 Å². The van der Waals surface area contributed by atoms with Gasteiger partial charge in [0.25, 0.3) is 0 Å². The first-order chi connectivity index (χ1) is 38.5. The van der Waals surface area contributed by atoms with Crippen molar-refractivity contribution < 1.29 is 28.6 Å². The summed E-state index contributed by atoms with van der Waals surface area (Å²) in [7, 11) is 0. The van der Waals surface area contributed by atoms with Crippen LogP contribution in [0.25, 0.3) is 0 Å². The highest BCUT2D eigenvalue weighted by molar-refractivity contribution is 5.71. The number of ether oxygens (including phenoxy) is 3. The van der Waals surface area contributed by atoms with Gasteiger partial charge in [-0.3, -0.25) is 14.4 Å². The molecule has 0 radical (unpaired) electrons. The van der Waals surface area contributed by atoms with Crippen LogP contribution in [0, 0.1) is 0 Å². The molecule has 6 heteroatoms. The van der Waals surface area contributed by atoms with Crippen molar-refractivity contribution in [2.45, 2.75) is 367 Å². The van der Waals surface area contributed by atoms with E-state index < -0.39 is 6.10 Å². The van der Waals surface area contributed by atoms with E-state index in [2.05, 4.69) is 81.5 Å². The molecule has 454 valence electrons. The van der Waals surface area contributed by atoms with Crippen LogP contribution in [0.1, 0.15) is 361 Å². The lowest BCUT2D eigenvalue weighted by molar-refractivity contribution is -0.167. The molecule has 0 saturated carbocycles. The second-order valence-electron chi connectivity index (χ2n) is 23.1. The Morgan fingerprint density at radius 3 is 0.769 bits per heavy atom. The summed E-state index contributed by atoms with van der Waals surface area (Å²) in [5.74, 6) is -0.877.